The summed E-state index contributed by atoms with van der Waals surface area (Å²) in [6, 6.07) is 17.2. The van der Waals surface area contributed by atoms with Gasteiger partial charge in [0.05, 0.1) is 6.61 Å². The van der Waals surface area contributed by atoms with E-state index in [1.807, 2.05) is 13.8 Å². The minimum atomic E-state index is -0.205. The molecule has 2 aromatic rings. The van der Waals surface area contributed by atoms with Crippen LogP contribution in [0.5, 0.6) is 11.5 Å². The second-order valence-electron chi connectivity index (χ2n) is 17.6. The van der Waals surface area contributed by atoms with Crippen molar-refractivity contribution in [3.8, 4) is 11.5 Å². The Labute approximate surface area is 278 Å². The van der Waals surface area contributed by atoms with Crippen LogP contribution in [0.2, 0.25) is 0 Å². The average Bonchev–Trinajstić information content (AvgIpc) is 2.91. The molecule has 0 saturated carbocycles. The first kappa shape index (κ1) is 39.1. The van der Waals surface area contributed by atoms with Crippen LogP contribution in [-0.2, 0) is 9.47 Å². The summed E-state index contributed by atoms with van der Waals surface area (Å²) in [5, 5.41) is 0. The molecule has 4 atom stereocenters. The molecule has 0 N–H and O–H groups in total. The van der Waals surface area contributed by atoms with Gasteiger partial charge in [-0.05, 0) is 108 Å². The van der Waals surface area contributed by atoms with Crippen molar-refractivity contribution in [1.82, 2.24) is 0 Å². The Bertz CT molecular complexity index is 1090. The summed E-state index contributed by atoms with van der Waals surface area (Å²) in [4.78, 5) is 0. The van der Waals surface area contributed by atoms with Crippen LogP contribution in [0.1, 0.15) is 152 Å². The van der Waals surface area contributed by atoms with E-state index in [2.05, 4.69) is 132 Å². The summed E-state index contributed by atoms with van der Waals surface area (Å²) >= 11 is 0. The molecule has 1 aliphatic heterocycles. The van der Waals surface area contributed by atoms with Gasteiger partial charge in [-0.25, -0.2) is 0 Å². The number of rotatable bonds is 10. The van der Waals surface area contributed by atoms with Crippen LogP contribution in [0.15, 0.2) is 48.5 Å². The van der Waals surface area contributed by atoms with Gasteiger partial charge in [0.15, 0.2) is 12.6 Å². The summed E-state index contributed by atoms with van der Waals surface area (Å²) in [7, 11) is 0. The molecule has 3 rings (SSSR count). The summed E-state index contributed by atoms with van der Waals surface area (Å²) in [6.45, 7) is 33.3. The molecule has 0 amide bonds. The lowest BCUT2D eigenvalue weighted by atomic mass is 9.69. The molecule has 0 aliphatic carbocycles. The minimum Gasteiger partial charge on any atom is -0.465 e. The van der Waals surface area contributed by atoms with Gasteiger partial charge in [-0.3, -0.25) is 0 Å². The van der Waals surface area contributed by atoms with Crippen LogP contribution in [0.4, 0.5) is 0 Å². The maximum Gasteiger partial charge on any atom is 0.199 e. The third-order valence-corrected chi connectivity index (χ3v) is 8.40. The second-order valence-corrected chi connectivity index (χ2v) is 17.6. The minimum absolute atomic E-state index is 0.0670. The third-order valence-electron chi connectivity index (χ3n) is 8.40. The Balaban J connectivity index is 0.000000314. The zero-order chi connectivity index (χ0) is 34.1. The van der Waals surface area contributed by atoms with E-state index in [-0.39, 0.29) is 23.4 Å². The summed E-state index contributed by atoms with van der Waals surface area (Å²) < 4.78 is 22.8. The summed E-state index contributed by atoms with van der Waals surface area (Å²) in [5.41, 5.74) is 3.93. The highest BCUT2D eigenvalue weighted by molar-refractivity contribution is 5.31. The molecule has 4 nitrogen and oxygen atoms in total. The average molecular weight is 625 g/mol. The Hall–Kier alpha value is -2.04. The van der Waals surface area contributed by atoms with E-state index < -0.39 is 0 Å². The molecular weight excluding hydrogens is 556 g/mol. The predicted molar refractivity (Wildman–Crippen MR) is 191 cm³/mol. The number of hydrogen-bond donors (Lipinski definition) is 0. The summed E-state index contributed by atoms with van der Waals surface area (Å²) in [6.07, 6.45) is 5.43. The van der Waals surface area contributed by atoms with Crippen molar-refractivity contribution < 1.29 is 18.9 Å². The molecule has 1 fully saturated rings. The summed E-state index contributed by atoms with van der Waals surface area (Å²) in [5.74, 6) is 2.87. The molecule has 0 spiro atoms. The largest absolute Gasteiger partial charge is 0.465 e. The molecule has 1 heterocycles. The SMILES string of the molecule is CC(C)(C)CC(c1ccc(OC2CCCCO2)cc1)C(C)(C)C.CCOC(C)Oc1ccc(C(CC(C)(C)C)C(C)(C)C)cc1. The maximum absolute atomic E-state index is 5.95. The van der Waals surface area contributed by atoms with Gasteiger partial charge in [-0.1, -0.05) is 107 Å². The molecule has 1 saturated heterocycles. The van der Waals surface area contributed by atoms with Crippen molar-refractivity contribution in [2.45, 2.75) is 153 Å². The van der Waals surface area contributed by atoms with Gasteiger partial charge in [0.2, 0.25) is 0 Å². The van der Waals surface area contributed by atoms with E-state index in [0.717, 1.165) is 30.9 Å². The van der Waals surface area contributed by atoms with Crippen molar-refractivity contribution in [3.05, 3.63) is 59.7 Å². The van der Waals surface area contributed by atoms with E-state index in [1.54, 1.807) is 0 Å². The normalized spacial score (nSPS) is 18.3. The van der Waals surface area contributed by atoms with Gasteiger partial charge in [-0.2, -0.15) is 0 Å². The molecule has 0 radical (unpaired) electrons. The molecule has 4 unspecified atom stereocenters. The molecular formula is C41H68O4. The standard InChI is InChI=1S/C21H34O2.C20H34O2/c1-20(2,3)15-18(21(4,5)6)16-10-12-17(13-11-16)23-19-9-7-8-14-22-19;1-9-21-15(2)22-17-12-10-16(11-13-17)18(20(6,7)8)14-19(3,4)5/h10-13,18-19H,7-9,14-15H2,1-6H3;10-13,15,18H,9,14H2,1-8H3. The molecule has 4 heteroatoms. The topological polar surface area (TPSA) is 36.9 Å². The van der Waals surface area contributed by atoms with Gasteiger partial charge in [0.25, 0.3) is 0 Å². The van der Waals surface area contributed by atoms with E-state index in [4.69, 9.17) is 18.9 Å². The number of hydrogen-bond acceptors (Lipinski definition) is 4. The highest BCUT2D eigenvalue weighted by Gasteiger charge is 2.31. The van der Waals surface area contributed by atoms with Crippen LogP contribution in [-0.4, -0.2) is 25.8 Å². The first-order valence-corrected chi connectivity index (χ1v) is 17.4. The van der Waals surface area contributed by atoms with Crippen LogP contribution >= 0.6 is 0 Å². The lowest BCUT2D eigenvalue weighted by molar-refractivity contribution is -0.105. The van der Waals surface area contributed by atoms with Gasteiger partial charge in [-0.15, -0.1) is 0 Å². The predicted octanol–water partition coefficient (Wildman–Crippen LogP) is 12.2. The molecule has 1 aliphatic rings. The third kappa shape index (κ3) is 14.9. The monoisotopic (exact) mass is 625 g/mol. The zero-order valence-electron chi connectivity index (χ0n) is 31.5. The van der Waals surface area contributed by atoms with E-state index in [1.165, 1.54) is 30.4 Å². The zero-order valence-corrected chi connectivity index (χ0v) is 31.5. The lowest BCUT2D eigenvalue weighted by Gasteiger charge is -2.36. The van der Waals surface area contributed by atoms with Crippen molar-refractivity contribution in [3.63, 3.8) is 0 Å². The first-order valence-electron chi connectivity index (χ1n) is 17.4. The van der Waals surface area contributed by atoms with Gasteiger partial charge in [0.1, 0.15) is 11.5 Å². The Morgan fingerprint density at radius 1 is 0.667 bits per heavy atom. The first-order chi connectivity index (χ1) is 20.7. The van der Waals surface area contributed by atoms with Gasteiger partial charge < -0.3 is 18.9 Å². The quantitative estimate of drug-likeness (QED) is 0.246. The number of benzene rings is 2. The fraction of sp³-hybridized carbons (Fsp3) is 0.707. The van der Waals surface area contributed by atoms with Gasteiger partial charge in [0, 0.05) is 13.0 Å². The Morgan fingerprint density at radius 3 is 1.47 bits per heavy atom. The van der Waals surface area contributed by atoms with Crippen molar-refractivity contribution in [2.24, 2.45) is 21.7 Å². The highest BCUT2D eigenvalue weighted by atomic mass is 16.7. The molecule has 45 heavy (non-hydrogen) atoms. The van der Waals surface area contributed by atoms with Crippen LogP contribution in [0, 0.1) is 21.7 Å². The van der Waals surface area contributed by atoms with Crippen LogP contribution in [0.25, 0.3) is 0 Å². The maximum atomic E-state index is 5.95. The fourth-order valence-corrected chi connectivity index (χ4v) is 6.05. The Morgan fingerprint density at radius 2 is 1.11 bits per heavy atom. The van der Waals surface area contributed by atoms with Crippen LogP contribution < -0.4 is 9.47 Å². The molecule has 0 bridgehead atoms. The van der Waals surface area contributed by atoms with Crippen LogP contribution in [0.3, 0.4) is 0 Å². The number of ether oxygens (including phenoxy) is 4. The molecule has 256 valence electrons. The van der Waals surface area contributed by atoms with E-state index >= 15 is 0 Å². The van der Waals surface area contributed by atoms with E-state index in [9.17, 15) is 0 Å². The fourth-order valence-electron chi connectivity index (χ4n) is 6.05. The van der Waals surface area contributed by atoms with Crippen molar-refractivity contribution >= 4 is 0 Å². The highest BCUT2D eigenvalue weighted by Crippen LogP contribution is 2.44. The Kier molecular flexibility index (Phi) is 14.5. The van der Waals surface area contributed by atoms with Gasteiger partial charge >= 0.3 is 0 Å². The van der Waals surface area contributed by atoms with Crippen molar-refractivity contribution in [1.29, 1.82) is 0 Å². The molecule has 2 aromatic carbocycles. The molecule has 0 aromatic heterocycles. The van der Waals surface area contributed by atoms with E-state index in [0.29, 0.717) is 29.3 Å². The van der Waals surface area contributed by atoms with Crippen molar-refractivity contribution in [2.75, 3.05) is 13.2 Å². The smallest absolute Gasteiger partial charge is 0.199 e. The lowest BCUT2D eigenvalue weighted by Crippen LogP contribution is -2.25. The second kappa shape index (κ2) is 16.7.